The molecule has 2 N–H and O–H groups in total. The van der Waals surface area contributed by atoms with Crippen molar-refractivity contribution in [3.63, 3.8) is 0 Å². The lowest BCUT2D eigenvalue weighted by Crippen LogP contribution is -3.14. The predicted octanol–water partition coefficient (Wildman–Crippen LogP) is -1.19. The maximum Gasteiger partial charge on any atom is 0.279 e. The fourth-order valence-electron chi connectivity index (χ4n) is 2.42. The van der Waals surface area contributed by atoms with Crippen LogP contribution in [0.1, 0.15) is 12.8 Å². The number of halogens is 1. The molecule has 0 bridgehead atoms. The molecule has 1 saturated heterocycles. The van der Waals surface area contributed by atoms with Gasteiger partial charge in [0.05, 0.1) is 18.8 Å². The van der Waals surface area contributed by atoms with Gasteiger partial charge in [-0.1, -0.05) is 12.1 Å². The molecule has 0 unspecified atom stereocenters. The molecule has 2 rings (SSSR count). The number of benzene rings is 1. The Kier molecular flexibility index (Phi) is 4.68. The third-order valence-electron chi connectivity index (χ3n) is 3.58. The number of carboxylic acids is 1. The molecule has 0 atom stereocenters. The molecule has 1 heterocycles. The van der Waals surface area contributed by atoms with E-state index in [2.05, 4.69) is 5.32 Å². The van der Waals surface area contributed by atoms with Gasteiger partial charge in [-0.3, -0.25) is 4.79 Å². The Balaban J connectivity index is 1.81. The number of amides is 1. The van der Waals surface area contributed by atoms with Gasteiger partial charge in [-0.25, -0.2) is 4.39 Å². The number of carboxylic acid groups (broad SMARTS) is 1. The summed E-state index contributed by atoms with van der Waals surface area (Å²) < 4.78 is 13.4. The number of rotatable bonds is 4. The van der Waals surface area contributed by atoms with E-state index >= 15 is 0 Å². The van der Waals surface area contributed by atoms with E-state index in [-0.39, 0.29) is 18.1 Å². The van der Waals surface area contributed by atoms with Crippen molar-refractivity contribution in [2.45, 2.75) is 12.8 Å². The van der Waals surface area contributed by atoms with E-state index in [0.717, 1.165) is 4.90 Å². The highest BCUT2D eigenvalue weighted by molar-refractivity contribution is 5.91. The molecule has 1 amide bonds. The van der Waals surface area contributed by atoms with Gasteiger partial charge < -0.3 is 20.1 Å². The zero-order valence-corrected chi connectivity index (χ0v) is 11.0. The largest absolute Gasteiger partial charge is 0.550 e. The van der Waals surface area contributed by atoms with E-state index in [1.807, 2.05) is 0 Å². The van der Waals surface area contributed by atoms with Gasteiger partial charge in [0.15, 0.2) is 6.54 Å². The smallest absolute Gasteiger partial charge is 0.279 e. The number of likely N-dealkylation sites (tertiary alicyclic amines) is 1. The summed E-state index contributed by atoms with van der Waals surface area (Å²) in [5.41, 5.74) is 0.168. The number of para-hydroxylation sites is 1. The fourth-order valence-corrected chi connectivity index (χ4v) is 2.42. The highest BCUT2D eigenvalue weighted by Crippen LogP contribution is 2.12. The molecule has 108 valence electrons. The molecule has 1 aromatic carbocycles. The number of carbonyl (C=O) groups excluding carboxylic acids is 2. The van der Waals surface area contributed by atoms with Gasteiger partial charge in [-0.2, -0.15) is 0 Å². The van der Waals surface area contributed by atoms with E-state index in [1.54, 1.807) is 12.1 Å². The number of hydrogen-bond acceptors (Lipinski definition) is 3. The number of anilines is 1. The van der Waals surface area contributed by atoms with Crippen molar-refractivity contribution in [2.24, 2.45) is 5.92 Å². The number of aliphatic carboxylic acids is 1. The van der Waals surface area contributed by atoms with Gasteiger partial charge in [0.1, 0.15) is 5.82 Å². The van der Waals surface area contributed by atoms with Gasteiger partial charge in [0.25, 0.3) is 5.91 Å². The zero-order valence-electron chi connectivity index (χ0n) is 11.0. The lowest BCUT2D eigenvalue weighted by molar-refractivity contribution is -0.897. The molecule has 1 aliphatic rings. The second-order valence-corrected chi connectivity index (χ2v) is 5.05. The molecular weight excluding hydrogens is 263 g/mol. The molecule has 1 aliphatic heterocycles. The summed E-state index contributed by atoms with van der Waals surface area (Å²) in [4.78, 5) is 23.6. The first-order chi connectivity index (χ1) is 9.56. The van der Waals surface area contributed by atoms with Crippen molar-refractivity contribution in [1.82, 2.24) is 0 Å². The third-order valence-corrected chi connectivity index (χ3v) is 3.58. The summed E-state index contributed by atoms with van der Waals surface area (Å²) >= 11 is 0. The number of hydrogen-bond donors (Lipinski definition) is 2. The van der Waals surface area contributed by atoms with Crippen molar-refractivity contribution in [3.05, 3.63) is 30.1 Å². The lowest BCUT2D eigenvalue weighted by atomic mass is 9.97. The molecule has 20 heavy (non-hydrogen) atoms. The van der Waals surface area contributed by atoms with Crippen LogP contribution in [-0.4, -0.2) is 31.5 Å². The maximum atomic E-state index is 13.4. The Morgan fingerprint density at radius 3 is 2.55 bits per heavy atom. The number of carbonyl (C=O) groups is 2. The van der Waals surface area contributed by atoms with Crippen molar-refractivity contribution in [2.75, 3.05) is 25.0 Å². The van der Waals surface area contributed by atoms with Crippen LogP contribution >= 0.6 is 0 Å². The molecule has 0 saturated carbocycles. The van der Waals surface area contributed by atoms with Crippen LogP contribution in [0, 0.1) is 11.7 Å². The second-order valence-electron chi connectivity index (χ2n) is 5.05. The molecular formula is C14H17FN2O3. The summed E-state index contributed by atoms with van der Waals surface area (Å²) in [6.45, 7) is 1.45. The zero-order chi connectivity index (χ0) is 14.5. The molecule has 0 aliphatic carbocycles. The van der Waals surface area contributed by atoms with Gasteiger partial charge in [-0.05, 0) is 12.1 Å². The van der Waals surface area contributed by atoms with E-state index < -0.39 is 17.7 Å². The van der Waals surface area contributed by atoms with Crippen LogP contribution in [0.5, 0.6) is 0 Å². The van der Waals surface area contributed by atoms with E-state index in [4.69, 9.17) is 0 Å². The second kappa shape index (κ2) is 6.47. The Bertz CT molecular complexity index is 499. The summed E-state index contributed by atoms with van der Waals surface area (Å²) in [6, 6.07) is 6.00. The molecule has 0 radical (unpaired) electrons. The molecule has 1 aromatic rings. The topological polar surface area (TPSA) is 73.7 Å². The minimum absolute atomic E-state index is 0.168. The number of nitrogens with one attached hydrogen (secondary N) is 2. The van der Waals surface area contributed by atoms with Crippen LogP contribution in [-0.2, 0) is 9.59 Å². The standard InChI is InChI=1S/C14H17FN2O3/c15-11-3-1-2-4-12(11)16-13(18)9-17-7-5-10(6-8-17)14(19)20/h1-4,10H,5-9H2,(H,16,18)(H,19,20). The highest BCUT2D eigenvalue weighted by atomic mass is 19.1. The Labute approximate surface area is 116 Å². The van der Waals surface area contributed by atoms with Crippen LogP contribution in [0.4, 0.5) is 10.1 Å². The maximum absolute atomic E-state index is 13.4. The minimum Gasteiger partial charge on any atom is -0.550 e. The van der Waals surface area contributed by atoms with Crippen LogP contribution in [0.15, 0.2) is 24.3 Å². The summed E-state index contributed by atoms with van der Waals surface area (Å²) in [7, 11) is 0. The highest BCUT2D eigenvalue weighted by Gasteiger charge is 2.24. The SMILES string of the molecule is O=C(C[NH+]1CCC(C(=O)[O-])CC1)Nc1ccccc1F. The van der Waals surface area contributed by atoms with Gasteiger partial charge >= 0.3 is 0 Å². The molecule has 0 spiro atoms. The molecule has 0 aromatic heterocycles. The van der Waals surface area contributed by atoms with Crippen molar-refractivity contribution in [3.8, 4) is 0 Å². The first-order valence-corrected chi connectivity index (χ1v) is 6.65. The summed E-state index contributed by atoms with van der Waals surface area (Å²) in [6.07, 6.45) is 1.04. The summed E-state index contributed by atoms with van der Waals surface area (Å²) in [5.74, 6) is -2.16. The van der Waals surface area contributed by atoms with Crippen molar-refractivity contribution < 1.29 is 24.0 Å². The average Bonchev–Trinajstić information content (AvgIpc) is 2.42. The van der Waals surface area contributed by atoms with Crippen LogP contribution < -0.4 is 15.3 Å². The number of quaternary nitrogens is 1. The van der Waals surface area contributed by atoms with E-state index in [0.29, 0.717) is 25.9 Å². The monoisotopic (exact) mass is 280 g/mol. The Morgan fingerprint density at radius 2 is 1.95 bits per heavy atom. The lowest BCUT2D eigenvalue weighted by Gasteiger charge is -2.29. The molecule has 6 heteroatoms. The summed E-state index contributed by atoms with van der Waals surface area (Å²) in [5, 5.41) is 13.2. The van der Waals surface area contributed by atoms with E-state index in [1.165, 1.54) is 12.1 Å². The predicted molar refractivity (Wildman–Crippen MR) is 68.3 cm³/mol. The van der Waals surface area contributed by atoms with Gasteiger partial charge in [0, 0.05) is 24.7 Å². The van der Waals surface area contributed by atoms with Gasteiger partial charge in [0.2, 0.25) is 0 Å². The van der Waals surface area contributed by atoms with Crippen LogP contribution in [0.25, 0.3) is 0 Å². The quantitative estimate of drug-likeness (QED) is 0.728. The normalized spacial score (nSPS) is 22.2. The average molecular weight is 280 g/mol. The van der Waals surface area contributed by atoms with E-state index in [9.17, 15) is 19.1 Å². The minimum atomic E-state index is -1.01. The van der Waals surface area contributed by atoms with Crippen LogP contribution in [0.2, 0.25) is 0 Å². The Morgan fingerprint density at radius 1 is 1.30 bits per heavy atom. The Hall–Kier alpha value is -1.95. The number of piperidine rings is 1. The first-order valence-electron chi connectivity index (χ1n) is 6.65. The molecule has 5 nitrogen and oxygen atoms in total. The molecule has 1 fully saturated rings. The van der Waals surface area contributed by atoms with Gasteiger partial charge in [-0.15, -0.1) is 0 Å². The first kappa shape index (κ1) is 14.5. The van der Waals surface area contributed by atoms with Crippen molar-refractivity contribution in [1.29, 1.82) is 0 Å². The van der Waals surface area contributed by atoms with Crippen molar-refractivity contribution >= 4 is 17.6 Å². The fraction of sp³-hybridized carbons (Fsp3) is 0.429. The van der Waals surface area contributed by atoms with Crippen LogP contribution in [0.3, 0.4) is 0 Å². The third kappa shape index (κ3) is 3.77.